The number of nitrogens with zero attached hydrogens (tertiary/aromatic N) is 7. The number of benzene rings is 1. The summed E-state index contributed by atoms with van der Waals surface area (Å²) in [7, 11) is 0. The summed E-state index contributed by atoms with van der Waals surface area (Å²) >= 11 is 0. The third-order valence-corrected chi connectivity index (χ3v) is 5.81. The van der Waals surface area contributed by atoms with Crippen LogP contribution in [0.2, 0.25) is 0 Å². The standard InChI is InChI=1S/C23H24N8O/c1-2-3-11-30-21-19(28-23(30)29-10-6-7-16(24)13-29)12-27-31(22(21)32)14-20-17-8-4-5-9-18(17)25-15-26-20/h4-5,8-9,12,15-16H,6-7,10-11,13-14,24H2,1H3. The topological polar surface area (TPSA) is 108 Å². The van der Waals surface area contributed by atoms with Crippen LogP contribution in [0.1, 0.15) is 25.5 Å². The fourth-order valence-electron chi connectivity index (χ4n) is 4.26. The fraction of sp³-hybridized carbons (Fsp3) is 0.348. The van der Waals surface area contributed by atoms with E-state index >= 15 is 0 Å². The lowest BCUT2D eigenvalue weighted by Gasteiger charge is -2.31. The summed E-state index contributed by atoms with van der Waals surface area (Å²) in [6, 6.07) is 7.83. The molecule has 0 aliphatic carbocycles. The summed E-state index contributed by atoms with van der Waals surface area (Å²) in [5.41, 5.74) is 8.61. The quantitative estimate of drug-likeness (QED) is 0.491. The van der Waals surface area contributed by atoms with Gasteiger partial charge in [0.1, 0.15) is 17.4 Å². The second-order valence-electron chi connectivity index (χ2n) is 7.95. The van der Waals surface area contributed by atoms with Gasteiger partial charge in [0.2, 0.25) is 5.95 Å². The molecular weight excluding hydrogens is 404 g/mol. The zero-order valence-electron chi connectivity index (χ0n) is 17.9. The molecule has 0 amide bonds. The molecule has 0 saturated carbocycles. The first-order valence-corrected chi connectivity index (χ1v) is 10.7. The predicted molar refractivity (Wildman–Crippen MR) is 123 cm³/mol. The first-order valence-electron chi connectivity index (χ1n) is 10.7. The molecule has 9 nitrogen and oxygen atoms in total. The van der Waals surface area contributed by atoms with Gasteiger partial charge in [-0.2, -0.15) is 5.10 Å². The van der Waals surface area contributed by atoms with Gasteiger partial charge in [0.25, 0.3) is 5.56 Å². The number of aromatic nitrogens is 6. The number of imidazole rings is 1. The van der Waals surface area contributed by atoms with Gasteiger partial charge < -0.3 is 10.6 Å². The van der Waals surface area contributed by atoms with Crippen LogP contribution < -0.4 is 16.2 Å². The maximum atomic E-state index is 13.5. The molecule has 1 aliphatic rings. The lowest BCUT2D eigenvalue weighted by Crippen LogP contribution is -2.44. The average molecular weight is 429 g/mol. The molecule has 1 saturated heterocycles. The molecule has 4 heterocycles. The largest absolute Gasteiger partial charge is 0.341 e. The maximum Gasteiger partial charge on any atom is 0.293 e. The van der Waals surface area contributed by atoms with Gasteiger partial charge in [-0.3, -0.25) is 9.36 Å². The van der Waals surface area contributed by atoms with Crippen LogP contribution >= 0.6 is 0 Å². The van der Waals surface area contributed by atoms with Gasteiger partial charge >= 0.3 is 0 Å². The third-order valence-electron chi connectivity index (χ3n) is 5.81. The van der Waals surface area contributed by atoms with Crippen LogP contribution in [-0.4, -0.2) is 48.4 Å². The van der Waals surface area contributed by atoms with Gasteiger partial charge in [-0.05, 0) is 25.8 Å². The molecule has 0 radical (unpaired) electrons. The molecule has 162 valence electrons. The third kappa shape index (κ3) is 3.59. The van der Waals surface area contributed by atoms with E-state index in [9.17, 15) is 4.79 Å². The van der Waals surface area contributed by atoms with Crippen LogP contribution in [0, 0.1) is 11.8 Å². The van der Waals surface area contributed by atoms with Crippen molar-refractivity contribution in [3.8, 4) is 11.8 Å². The number of hydrogen-bond acceptors (Lipinski definition) is 7. The van der Waals surface area contributed by atoms with E-state index in [-0.39, 0.29) is 18.1 Å². The number of para-hydroxylation sites is 1. The highest BCUT2D eigenvalue weighted by molar-refractivity contribution is 5.80. The first kappa shape index (κ1) is 20.2. The second kappa shape index (κ2) is 8.40. The number of rotatable bonds is 4. The van der Waals surface area contributed by atoms with Crippen molar-refractivity contribution >= 4 is 27.9 Å². The molecule has 4 aromatic rings. The number of hydrogen-bond donors (Lipinski definition) is 1. The monoisotopic (exact) mass is 428 g/mol. The summed E-state index contributed by atoms with van der Waals surface area (Å²) in [6.45, 7) is 3.97. The summed E-state index contributed by atoms with van der Waals surface area (Å²) in [5, 5.41) is 5.29. The molecule has 9 heteroatoms. The smallest absolute Gasteiger partial charge is 0.293 e. The van der Waals surface area contributed by atoms with Crippen molar-refractivity contribution in [2.24, 2.45) is 5.73 Å². The Morgan fingerprint density at radius 2 is 2.09 bits per heavy atom. The number of nitrogens with two attached hydrogens (primary N) is 1. The van der Waals surface area contributed by atoms with Crippen molar-refractivity contribution in [3.63, 3.8) is 0 Å². The lowest BCUT2D eigenvalue weighted by atomic mass is 10.1. The average Bonchev–Trinajstić information content (AvgIpc) is 3.19. The predicted octanol–water partition coefficient (Wildman–Crippen LogP) is 1.54. The zero-order valence-corrected chi connectivity index (χ0v) is 17.9. The molecule has 32 heavy (non-hydrogen) atoms. The van der Waals surface area contributed by atoms with Gasteiger partial charge in [-0.1, -0.05) is 24.1 Å². The van der Waals surface area contributed by atoms with Gasteiger partial charge in [0, 0.05) is 24.5 Å². The summed E-state index contributed by atoms with van der Waals surface area (Å²) < 4.78 is 3.32. The molecular formula is C23H24N8O. The van der Waals surface area contributed by atoms with Crippen LogP contribution in [0.15, 0.2) is 41.6 Å². The summed E-state index contributed by atoms with van der Waals surface area (Å²) in [4.78, 5) is 29.1. The second-order valence-corrected chi connectivity index (χ2v) is 7.95. The van der Waals surface area contributed by atoms with Crippen molar-refractivity contribution < 1.29 is 0 Å². The van der Waals surface area contributed by atoms with Gasteiger partial charge in [-0.25, -0.2) is 19.6 Å². The highest BCUT2D eigenvalue weighted by Crippen LogP contribution is 2.23. The highest BCUT2D eigenvalue weighted by atomic mass is 16.1. The molecule has 1 aliphatic heterocycles. The van der Waals surface area contributed by atoms with Crippen LogP contribution in [0.25, 0.3) is 21.9 Å². The Labute approximate surface area is 184 Å². The Kier molecular flexibility index (Phi) is 5.29. The van der Waals surface area contributed by atoms with Gasteiger partial charge in [0.15, 0.2) is 0 Å². The zero-order chi connectivity index (χ0) is 22.1. The molecule has 0 bridgehead atoms. The number of fused-ring (bicyclic) bond motifs is 2. The molecule has 2 N–H and O–H groups in total. The van der Waals surface area contributed by atoms with E-state index in [1.807, 2.05) is 28.8 Å². The number of anilines is 1. The van der Waals surface area contributed by atoms with Crippen LogP contribution in [0.5, 0.6) is 0 Å². The minimum Gasteiger partial charge on any atom is -0.341 e. The van der Waals surface area contributed by atoms with Gasteiger partial charge in [0.05, 0.1) is 30.5 Å². The SMILES string of the molecule is CC#CCn1c(N2CCCC(N)C2)nc2cnn(Cc3ncnc4ccccc34)c(=O)c21. The van der Waals surface area contributed by atoms with Crippen molar-refractivity contribution in [1.29, 1.82) is 0 Å². The van der Waals surface area contributed by atoms with Crippen molar-refractivity contribution in [2.45, 2.75) is 38.9 Å². The molecule has 5 rings (SSSR count). The molecule has 1 aromatic carbocycles. The van der Waals surface area contributed by atoms with Crippen LogP contribution in [0.3, 0.4) is 0 Å². The summed E-state index contributed by atoms with van der Waals surface area (Å²) in [5.74, 6) is 6.72. The van der Waals surface area contributed by atoms with Gasteiger partial charge in [-0.15, -0.1) is 5.92 Å². The Morgan fingerprint density at radius 3 is 2.94 bits per heavy atom. The van der Waals surface area contributed by atoms with E-state index in [2.05, 4.69) is 31.8 Å². The Morgan fingerprint density at radius 1 is 1.22 bits per heavy atom. The normalized spacial score (nSPS) is 16.3. The van der Waals surface area contributed by atoms with E-state index in [1.165, 1.54) is 11.0 Å². The van der Waals surface area contributed by atoms with Crippen LogP contribution in [-0.2, 0) is 13.1 Å². The Hall–Kier alpha value is -3.77. The minimum atomic E-state index is -0.219. The minimum absolute atomic E-state index is 0.0927. The molecule has 1 atom stereocenters. The summed E-state index contributed by atoms with van der Waals surface area (Å²) in [6.07, 6.45) is 5.14. The van der Waals surface area contributed by atoms with Crippen molar-refractivity contribution in [2.75, 3.05) is 18.0 Å². The number of piperidine rings is 1. The Balaban J connectivity index is 1.62. The van der Waals surface area contributed by atoms with E-state index in [1.54, 1.807) is 13.1 Å². The maximum absolute atomic E-state index is 13.5. The molecule has 1 fully saturated rings. The van der Waals surface area contributed by atoms with Crippen LogP contribution in [0.4, 0.5) is 5.95 Å². The first-order chi connectivity index (χ1) is 15.7. The lowest BCUT2D eigenvalue weighted by molar-refractivity contribution is 0.496. The van der Waals surface area contributed by atoms with E-state index in [0.29, 0.717) is 24.1 Å². The Bertz CT molecular complexity index is 1410. The molecule has 0 spiro atoms. The van der Waals surface area contributed by atoms with E-state index in [4.69, 9.17) is 10.7 Å². The van der Waals surface area contributed by atoms with E-state index < -0.39 is 0 Å². The highest BCUT2D eigenvalue weighted by Gasteiger charge is 2.24. The molecule has 3 aromatic heterocycles. The van der Waals surface area contributed by atoms with Crippen molar-refractivity contribution in [1.82, 2.24) is 29.3 Å². The van der Waals surface area contributed by atoms with E-state index in [0.717, 1.165) is 41.9 Å². The molecule has 1 unspecified atom stereocenters. The fourth-order valence-corrected chi connectivity index (χ4v) is 4.26. The van der Waals surface area contributed by atoms with Crippen molar-refractivity contribution in [3.05, 3.63) is 52.8 Å².